The van der Waals surface area contributed by atoms with Crippen LogP contribution in [0.25, 0.3) is 5.65 Å². The summed E-state index contributed by atoms with van der Waals surface area (Å²) in [6, 6.07) is 15.6. The van der Waals surface area contributed by atoms with Gasteiger partial charge in [-0.05, 0) is 79.3 Å². The number of nitrogens with zero attached hydrogens (tertiary/aromatic N) is 3. The molecule has 1 aliphatic carbocycles. The van der Waals surface area contributed by atoms with E-state index in [1.165, 1.54) is 16.8 Å². The van der Waals surface area contributed by atoms with Crippen molar-refractivity contribution < 1.29 is 23.2 Å². The molecule has 0 bridgehead atoms. The molecule has 1 atom stereocenters. The van der Waals surface area contributed by atoms with Crippen LogP contribution in [0.1, 0.15) is 78.5 Å². The lowest BCUT2D eigenvalue weighted by Crippen LogP contribution is -2.26. The first-order chi connectivity index (χ1) is 22.1. The zero-order valence-electron chi connectivity index (χ0n) is 25.0. The van der Waals surface area contributed by atoms with Gasteiger partial charge in [0.2, 0.25) is 0 Å². The summed E-state index contributed by atoms with van der Waals surface area (Å²) in [4.78, 5) is 43.2. The molecule has 5 aromatic rings. The van der Waals surface area contributed by atoms with Gasteiger partial charge in [-0.2, -0.15) is 5.10 Å². The second kappa shape index (κ2) is 12.8. The lowest BCUT2D eigenvalue weighted by Gasteiger charge is -2.17. The number of nitrogens with one attached hydrogen (secondary N) is 3. The molecule has 0 fully saturated rings. The number of hydrogen-bond acceptors (Lipinski definition) is 6. The van der Waals surface area contributed by atoms with Crippen LogP contribution in [-0.2, 0) is 19.5 Å². The van der Waals surface area contributed by atoms with Crippen LogP contribution in [0.3, 0.4) is 0 Å². The second-order valence-electron chi connectivity index (χ2n) is 11.1. The van der Waals surface area contributed by atoms with E-state index in [0.29, 0.717) is 27.5 Å². The van der Waals surface area contributed by atoms with Gasteiger partial charge in [0.1, 0.15) is 11.3 Å². The zero-order chi connectivity index (χ0) is 32.5. The minimum atomic E-state index is -1.02. The third-order valence-electron chi connectivity index (χ3n) is 8.18. The van der Waals surface area contributed by atoms with Gasteiger partial charge in [0.05, 0.1) is 22.6 Å². The van der Waals surface area contributed by atoms with Gasteiger partial charge in [0.15, 0.2) is 23.1 Å². The normalized spacial score (nSPS) is 13.9. The van der Waals surface area contributed by atoms with Crippen LogP contribution >= 0.6 is 11.6 Å². The topological polar surface area (TPSA) is 117 Å². The van der Waals surface area contributed by atoms with Crippen LogP contribution in [0.15, 0.2) is 66.9 Å². The standard InChI is InChI=1S/C34H29ClF2N6O3/c1-18-22(19(2)44)8-9-24-23(18)10-12-29(24)38-16-21-14-31(34(46)39-15-20-7-11-27(36)28(37)13-20)41-32-25(17-40-43(21)32)33(45)42-30-6-4-3-5-26(30)35/h3-9,11,13-14,17,29,38H,10,12,15-16H2,1-2H3,(H,39,46)(H,42,45). The third kappa shape index (κ3) is 6.11. The molecule has 1 unspecified atom stereocenters. The molecule has 0 radical (unpaired) electrons. The molecule has 2 heterocycles. The molecule has 234 valence electrons. The summed E-state index contributed by atoms with van der Waals surface area (Å²) in [6.45, 7) is 3.73. The van der Waals surface area contributed by atoms with E-state index < -0.39 is 23.4 Å². The van der Waals surface area contributed by atoms with Gasteiger partial charge in [0.25, 0.3) is 11.8 Å². The molecule has 2 aromatic heterocycles. The van der Waals surface area contributed by atoms with Gasteiger partial charge >= 0.3 is 0 Å². The van der Waals surface area contributed by atoms with Gasteiger partial charge in [-0.25, -0.2) is 18.3 Å². The van der Waals surface area contributed by atoms with Crippen LogP contribution in [0.2, 0.25) is 5.02 Å². The minimum Gasteiger partial charge on any atom is -0.347 e. The van der Waals surface area contributed by atoms with Crippen molar-refractivity contribution in [2.45, 2.75) is 45.8 Å². The van der Waals surface area contributed by atoms with Gasteiger partial charge in [-0.15, -0.1) is 0 Å². The Morgan fingerprint density at radius 1 is 0.978 bits per heavy atom. The molecule has 0 aliphatic heterocycles. The highest BCUT2D eigenvalue weighted by atomic mass is 35.5. The Kier molecular flexibility index (Phi) is 8.61. The van der Waals surface area contributed by atoms with E-state index in [9.17, 15) is 23.2 Å². The highest BCUT2D eigenvalue weighted by Gasteiger charge is 2.26. The highest BCUT2D eigenvalue weighted by Crippen LogP contribution is 2.35. The van der Waals surface area contributed by atoms with Crippen LogP contribution in [0, 0.1) is 18.6 Å². The molecular formula is C34H29ClF2N6O3. The summed E-state index contributed by atoms with van der Waals surface area (Å²) in [6.07, 6.45) is 3.01. The molecule has 0 spiro atoms. The summed E-state index contributed by atoms with van der Waals surface area (Å²) in [5.41, 5.74) is 5.57. The van der Waals surface area contributed by atoms with E-state index in [2.05, 4.69) is 26.0 Å². The summed E-state index contributed by atoms with van der Waals surface area (Å²) < 4.78 is 28.6. The number of carbonyl (C=O) groups is 3. The Bertz CT molecular complexity index is 2030. The molecule has 0 saturated carbocycles. The first-order valence-corrected chi connectivity index (χ1v) is 15.0. The minimum absolute atomic E-state index is 0.00736. The van der Waals surface area contributed by atoms with Crippen molar-refractivity contribution >= 4 is 40.5 Å². The molecular weight excluding hydrogens is 614 g/mol. The van der Waals surface area contributed by atoms with Crippen molar-refractivity contribution in [3.05, 3.63) is 128 Å². The Balaban J connectivity index is 1.31. The summed E-state index contributed by atoms with van der Waals surface area (Å²) >= 11 is 6.24. The summed E-state index contributed by atoms with van der Waals surface area (Å²) in [5.74, 6) is -3.07. The number of benzene rings is 3. The van der Waals surface area contributed by atoms with Crippen LogP contribution in [0.4, 0.5) is 14.5 Å². The largest absolute Gasteiger partial charge is 0.347 e. The average Bonchev–Trinajstić information content (AvgIpc) is 3.66. The predicted molar refractivity (Wildman–Crippen MR) is 169 cm³/mol. The number of halogens is 3. The summed E-state index contributed by atoms with van der Waals surface area (Å²) in [5, 5.41) is 13.8. The molecule has 9 nitrogen and oxygen atoms in total. The number of Topliss-reactive ketones (excluding diaryl/α,β-unsaturated/α-hetero) is 1. The Morgan fingerprint density at radius 3 is 2.54 bits per heavy atom. The number of fused-ring (bicyclic) bond motifs is 2. The smallest absolute Gasteiger partial charge is 0.270 e. The lowest BCUT2D eigenvalue weighted by atomic mass is 9.96. The maximum absolute atomic E-state index is 13.7. The number of rotatable bonds is 9. The number of anilines is 1. The average molecular weight is 643 g/mol. The van der Waals surface area contributed by atoms with Crippen LogP contribution in [0.5, 0.6) is 0 Å². The van der Waals surface area contributed by atoms with E-state index >= 15 is 0 Å². The Labute approximate surface area is 268 Å². The molecule has 3 N–H and O–H groups in total. The first kappa shape index (κ1) is 31.0. The van der Waals surface area contributed by atoms with Crippen molar-refractivity contribution in [3.8, 4) is 0 Å². The summed E-state index contributed by atoms with van der Waals surface area (Å²) in [7, 11) is 0. The Morgan fingerprint density at radius 2 is 1.78 bits per heavy atom. The third-order valence-corrected chi connectivity index (χ3v) is 8.51. The Hall–Kier alpha value is -5.00. The molecule has 12 heteroatoms. The maximum Gasteiger partial charge on any atom is 0.270 e. The fraction of sp³-hybridized carbons (Fsp3) is 0.206. The van der Waals surface area contributed by atoms with Crippen molar-refractivity contribution in [2.24, 2.45) is 0 Å². The van der Waals surface area contributed by atoms with E-state index in [1.807, 2.05) is 19.1 Å². The van der Waals surface area contributed by atoms with Crippen molar-refractivity contribution in [3.63, 3.8) is 0 Å². The number of amides is 2. The van der Waals surface area contributed by atoms with Crippen molar-refractivity contribution in [1.82, 2.24) is 25.2 Å². The SMILES string of the molecule is CC(=O)c1ccc2c(c1C)CCC2NCc1cc(C(=O)NCc2ccc(F)c(F)c2)nc2c(C(=O)Nc3ccccc3Cl)cnn12. The van der Waals surface area contributed by atoms with Gasteiger partial charge in [-0.1, -0.05) is 41.9 Å². The van der Waals surface area contributed by atoms with Gasteiger partial charge < -0.3 is 16.0 Å². The number of aromatic nitrogens is 3. The van der Waals surface area contributed by atoms with Crippen LogP contribution < -0.4 is 16.0 Å². The fourth-order valence-corrected chi connectivity index (χ4v) is 5.99. The predicted octanol–water partition coefficient (Wildman–Crippen LogP) is 6.13. The van der Waals surface area contributed by atoms with Crippen molar-refractivity contribution in [1.29, 1.82) is 0 Å². The first-order valence-electron chi connectivity index (χ1n) is 14.6. The monoisotopic (exact) mass is 642 g/mol. The maximum atomic E-state index is 13.7. The fourth-order valence-electron chi connectivity index (χ4n) is 5.80. The van der Waals surface area contributed by atoms with E-state index in [4.69, 9.17) is 11.6 Å². The zero-order valence-corrected chi connectivity index (χ0v) is 25.7. The van der Waals surface area contributed by atoms with Crippen LogP contribution in [-0.4, -0.2) is 32.2 Å². The van der Waals surface area contributed by atoms with Gasteiger partial charge in [-0.3, -0.25) is 14.4 Å². The number of carbonyl (C=O) groups excluding carboxylic acids is 3. The van der Waals surface area contributed by atoms with E-state index in [1.54, 1.807) is 37.3 Å². The molecule has 3 aromatic carbocycles. The lowest BCUT2D eigenvalue weighted by molar-refractivity contribution is 0.0943. The molecule has 0 saturated heterocycles. The molecule has 2 amide bonds. The molecule has 1 aliphatic rings. The van der Waals surface area contributed by atoms with E-state index in [-0.39, 0.29) is 41.8 Å². The van der Waals surface area contributed by atoms with Crippen molar-refractivity contribution in [2.75, 3.05) is 5.32 Å². The second-order valence-corrected chi connectivity index (χ2v) is 11.5. The number of para-hydroxylation sites is 1. The van der Waals surface area contributed by atoms with Gasteiger partial charge in [0, 0.05) is 24.7 Å². The molecule has 6 rings (SSSR count). The number of ketones is 1. The van der Waals surface area contributed by atoms with E-state index in [0.717, 1.165) is 41.7 Å². The number of hydrogen-bond donors (Lipinski definition) is 3. The quantitative estimate of drug-likeness (QED) is 0.167. The highest BCUT2D eigenvalue weighted by molar-refractivity contribution is 6.34. The molecule has 46 heavy (non-hydrogen) atoms.